The van der Waals surface area contributed by atoms with Gasteiger partial charge in [-0.25, -0.2) is 0 Å². The minimum absolute atomic E-state index is 0.0927. The molecule has 4 saturated carbocycles. The average molecular weight is 410 g/mol. The summed E-state index contributed by atoms with van der Waals surface area (Å²) < 4.78 is 0. The van der Waals surface area contributed by atoms with Crippen LogP contribution in [0.1, 0.15) is 55.8 Å². The molecule has 162 valence electrons. The Labute approximate surface area is 180 Å². The molecule has 0 aromatic heterocycles. The van der Waals surface area contributed by atoms with E-state index in [9.17, 15) is 9.59 Å². The maximum Gasteiger partial charge on any atom is 0.253 e. The zero-order valence-corrected chi connectivity index (χ0v) is 18.2. The number of carbonyl (C=O) groups is 2. The van der Waals surface area contributed by atoms with Crippen LogP contribution in [0.2, 0.25) is 0 Å². The topological polar surface area (TPSA) is 52.7 Å². The first-order valence-electron chi connectivity index (χ1n) is 11.9. The van der Waals surface area contributed by atoms with Crippen LogP contribution < -0.4 is 5.32 Å². The number of rotatable bonds is 5. The van der Waals surface area contributed by atoms with Gasteiger partial charge in [0, 0.05) is 37.8 Å². The van der Waals surface area contributed by atoms with Crippen molar-refractivity contribution in [3.05, 3.63) is 35.9 Å². The molecule has 5 fully saturated rings. The van der Waals surface area contributed by atoms with Crippen molar-refractivity contribution in [3.8, 4) is 0 Å². The summed E-state index contributed by atoms with van der Waals surface area (Å²) in [6.07, 6.45) is 8.27. The number of hydrogen-bond donors (Lipinski definition) is 1. The second-order valence-electron chi connectivity index (χ2n) is 10.5. The van der Waals surface area contributed by atoms with E-state index in [-0.39, 0.29) is 17.9 Å². The molecule has 1 saturated heterocycles. The molecule has 1 aromatic rings. The first-order valence-corrected chi connectivity index (χ1v) is 11.9. The summed E-state index contributed by atoms with van der Waals surface area (Å²) in [6, 6.07) is 9.75. The minimum atomic E-state index is 0.0927. The molecular weight excluding hydrogens is 374 g/mol. The summed E-state index contributed by atoms with van der Waals surface area (Å²) in [5.41, 5.74) is 1.10. The monoisotopic (exact) mass is 409 g/mol. The lowest BCUT2D eigenvalue weighted by Gasteiger charge is -2.59. The Morgan fingerprint density at radius 2 is 1.53 bits per heavy atom. The first kappa shape index (κ1) is 20.0. The lowest BCUT2D eigenvalue weighted by atomic mass is 9.48. The van der Waals surface area contributed by atoms with Crippen LogP contribution in [-0.4, -0.2) is 60.4 Å². The highest BCUT2D eigenvalue weighted by Crippen LogP contribution is 2.61. The Balaban J connectivity index is 1.11. The van der Waals surface area contributed by atoms with Gasteiger partial charge in [-0.2, -0.15) is 0 Å². The maximum atomic E-state index is 12.8. The van der Waals surface area contributed by atoms with Crippen LogP contribution in [0.5, 0.6) is 0 Å². The highest BCUT2D eigenvalue weighted by molar-refractivity contribution is 5.94. The standard InChI is InChI=1S/C25H35N3O2/c1-18(25-14-19-11-20(15-25)13-21(12-19)16-25)26-23(29)17-27-7-9-28(10-8-27)24(30)22-5-3-2-4-6-22/h2-6,18-21H,7-17H2,1H3,(H,26,29)/t18-,19?,20?,21?,25?/m0/s1. The summed E-state index contributed by atoms with van der Waals surface area (Å²) in [5, 5.41) is 3.38. The Kier molecular flexibility index (Phi) is 5.34. The van der Waals surface area contributed by atoms with Crippen molar-refractivity contribution >= 4 is 11.8 Å². The number of carbonyl (C=O) groups excluding carboxylic acids is 2. The molecule has 0 spiro atoms. The third-order valence-electron chi connectivity index (χ3n) is 8.43. The lowest BCUT2D eigenvalue weighted by Crippen LogP contribution is -2.57. The van der Waals surface area contributed by atoms with Gasteiger partial charge in [0.15, 0.2) is 0 Å². The van der Waals surface area contributed by atoms with Crippen LogP contribution in [0.15, 0.2) is 30.3 Å². The van der Waals surface area contributed by atoms with Gasteiger partial charge < -0.3 is 10.2 Å². The second kappa shape index (κ2) is 7.99. The Morgan fingerprint density at radius 3 is 2.10 bits per heavy atom. The fraction of sp³-hybridized carbons (Fsp3) is 0.680. The van der Waals surface area contributed by atoms with E-state index in [1.54, 1.807) is 0 Å². The highest BCUT2D eigenvalue weighted by Gasteiger charge is 2.53. The molecule has 5 aliphatic rings. The van der Waals surface area contributed by atoms with Crippen LogP contribution in [0.4, 0.5) is 0 Å². The maximum absolute atomic E-state index is 12.8. The van der Waals surface area contributed by atoms with Crippen molar-refractivity contribution < 1.29 is 9.59 Å². The average Bonchev–Trinajstić information content (AvgIpc) is 2.73. The zero-order chi connectivity index (χ0) is 20.7. The fourth-order valence-corrected chi connectivity index (χ4v) is 7.22. The summed E-state index contributed by atoms with van der Waals surface area (Å²) >= 11 is 0. The molecule has 1 aromatic carbocycles. The molecule has 1 heterocycles. The van der Waals surface area contributed by atoms with Gasteiger partial charge in [0.05, 0.1) is 6.54 Å². The Morgan fingerprint density at radius 1 is 0.967 bits per heavy atom. The van der Waals surface area contributed by atoms with Gasteiger partial charge in [-0.1, -0.05) is 18.2 Å². The molecule has 4 bridgehead atoms. The van der Waals surface area contributed by atoms with Gasteiger partial charge in [0.1, 0.15) is 0 Å². The molecule has 1 atom stereocenters. The number of amides is 2. The van der Waals surface area contributed by atoms with E-state index in [2.05, 4.69) is 17.1 Å². The van der Waals surface area contributed by atoms with Crippen molar-refractivity contribution in [1.29, 1.82) is 0 Å². The second-order valence-corrected chi connectivity index (χ2v) is 10.5. The van der Waals surface area contributed by atoms with Gasteiger partial charge in [-0.05, 0) is 80.8 Å². The van der Waals surface area contributed by atoms with Gasteiger partial charge in [0.25, 0.3) is 5.91 Å². The van der Waals surface area contributed by atoms with E-state index in [1.807, 2.05) is 35.2 Å². The van der Waals surface area contributed by atoms with Crippen molar-refractivity contribution in [2.45, 2.75) is 51.5 Å². The van der Waals surface area contributed by atoms with Gasteiger partial charge in [0.2, 0.25) is 5.91 Å². The summed E-state index contributed by atoms with van der Waals surface area (Å²) in [6.45, 7) is 5.60. The van der Waals surface area contributed by atoms with Crippen LogP contribution in [0, 0.1) is 23.2 Å². The third kappa shape index (κ3) is 3.89. The minimum Gasteiger partial charge on any atom is -0.352 e. The van der Waals surface area contributed by atoms with E-state index < -0.39 is 0 Å². The first-order chi connectivity index (χ1) is 14.5. The van der Waals surface area contributed by atoms with E-state index in [0.717, 1.165) is 36.4 Å². The van der Waals surface area contributed by atoms with Crippen molar-refractivity contribution in [3.63, 3.8) is 0 Å². The highest BCUT2D eigenvalue weighted by atomic mass is 16.2. The zero-order valence-electron chi connectivity index (χ0n) is 18.2. The van der Waals surface area contributed by atoms with E-state index in [4.69, 9.17) is 0 Å². The number of piperazine rings is 1. The fourth-order valence-electron chi connectivity index (χ4n) is 7.22. The predicted molar refractivity (Wildman–Crippen MR) is 117 cm³/mol. The smallest absolute Gasteiger partial charge is 0.253 e. The normalized spacial score (nSPS) is 34.0. The van der Waals surface area contributed by atoms with Crippen LogP contribution in [-0.2, 0) is 4.79 Å². The van der Waals surface area contributed by atoms with Gasteiger partial charge >= 0.3 is 0 Å². The molecule has 1 N–H and O–H groups in total. The number of nitrogens with one attached hydrogen (secondary N) is 1. The molecule has 5 nitrogen and oxygen atoms in total. The quantitative estimate of drug-likeness (QED) is 0.813. The van der Waals surface area contributed by atoms with E-state index >= 15 is 0 Å². The van der Waals surface area contributed by atoms with E-state index in [1.165, 1.54) is 38.5 Å². The molecular formula is C25H35N3O2. The molecule has 6 rings (SSSR count). The molecule has 4 aliphatic carbocycles. The summed E-state index contributed by atoms with van der Waals surface area (Å²) in [5.74, 6) is 2.97. The summed E-state index contributed by atoms with van der Waals surface area (Å²) in [7, 11) is 0. The number of benzene rings is 1. The van der Waals surface area contributed by atoms with Crippen molar-refractivity contribution in [1.82, 2.24) is 15.1 Å². The summed E-state index contributed by atoms with van der Waals surface area (Å²) in [4.78, 5) is 29.5. The molecule has 0 radical (unpaired) electrons. The third-order valence-corrected chi connectivity index (χ3v) is 8.43. The Hall–Kier alpha value is -1.88. The molecule has 30 heavy (non-hydrogen) atoms. The van der Waals surface area contributed by atoms with Crippen molar-refractivity contribution in [2.75, 3.05) is 32.7 Å². The number of hydrogen-bond acceptors (Lipinski definition) is 3. The van der Waals surface area contributed by atoms with Gasteiger partial charge in [-0.3, -0.25) is 14.5 Å². The SMILES string of the molecule is C[C@H](NC(=O)CN1CCN(C(=O)c2ccccc2)CC1)C12CC3CC(CC(C3)C1)C2. The van der Waals surface area contributed by atoms with E-state index in [0.29, 0.717) is 25.0 Å². The largest absolute Gasteiger partial charge is 0.352 e. The molecule has 5 heteroatoms. The molecule has 1 aliphatic heterocycles. The van der Waals surface area contributed by atoms with Crippen molar-refractivity contribution in [2.24, 2.45) is 23.2 Å². The lowest BCUT2D eigenvalue weighted by molar-refractivity contribution is -0.127. The predicted octanol–water partition coefficient (Wildman–Crippen LogP) is 3.17. The van der Waals surface area contributed by atoms with Crippen LogP contribution in [0.25, 0.3) is 0 Å². The molecule has 0 unspecified atom stereocenters. The van der Waals surface area contributed by atoms with Crippen LogP contribution in [0.3, 0.4) is 0 Å². The molecule has 2 amide bonds. The Bertz CT molecular complexity index is 750. The number of nitrogens with zero attached hydrogens (tertiary/aromatic N) is 2. The van der Waals surface area contributed by atoms with Gasteiger partial charge in [-0.15, -0.1) is 0 Å². The van der Waals surface area contributed by atoms with Crippen LogP contribution >= 0.6 is 0 Å².